The van der Waals surface area contributed by atoms with E-state index in [4.69, 9.17) is 5.26 Å². The number of nitriles is 1. The minimum Gasteiger partial charge on any atom is -0.328 e. The van der Waals surface area contributed by atoms with E-state index in [0.717, 1.165) is 12.8 Å². The van der Waals surface area contributed by atoms with Crippen molar-refractivity contribution in [2.45, 2.75) is 25.8 Å². The Hall–Kier alpha value is -1.24. The van der Waals surface area contributed by atoms with Crippen LogP contribution in [-0.4, -0.2) is 30.6 Å². The second-order valence-electron chi connectivity index (χ2n) is 3.41. The first-order valence-corrected chi connectivity index (χ1v) is 4.60. The van der Waals surface area contributed by atoms with E-state index in [1.165, 1.54) is 0 Å². The van der Waals surface area contributed by atoms with Crippen LogP contribution in [-0.2, 0) is 0 Å². The minimum atomic E-state index is -0.290. The van der Waals surface area contributed by atoms with Gasteiger partial charge in [-0.25, -0.2) is 4.79 Å². The fourth-order valence-corrected chi connectivity index (χ4v) is 1.07. The van der Waals surface area contributed by atoms with Gasteiger partial charge in [0.25, 0.3) is 0 Å². The van der Waals surface area contributed by atoms with Crippen LogP contribution in [0, 0.1) is 17.2 Å². The summed E-state index contributed by atoms with van der Waals surface area (Å²) in [6.45, 7) is 2.56. The average Bonchev–Trinajstić information content (AvgIpc) is 2.95. The van der Waals surface area contributed by atoms with E-state index >= 15 is 0 Å². The molecule has 4 nitrogen and oxygen atoms in total. The summed E-state index contributed by atoms with van der Waals surface area (Å²) in [5, 5.41) is 11.5. The lowest BCUT2D eigenvalue weighted by molar-refractivity contribution is 0.208. The fourth-order valence-electron chi connectivity index (χ4n) is 1.07. The zero-order valence-corrected chi connectivity index (χ0v) is 8.08. The molecule has 13 heavy (non-hydrogen) atoms. The smallest absolute Gasteiger partial charge is 0.318 e. The van der Waals surface area contributed by atoms with Gasteiger partial charge in [-0.3, -0.25) is 0 Å². The van der Waals surface area contributed by atoms with Gasteiger partial charge in [-0.15, -0.1) is 0 Å². The Balaban J connectivity index is 2.37. The Morgan fingerprint density at radius 1 is 1.77 bits per heavy atom. The van der Waals surface area contributed by atoms with Gasteiger partial charge in [0.2, 0.25) is 0 Å². The second kappa shape index (κ2) is 4.13. The molecule has 0 aromatic rings. The number of hydrogen-bond acceptors (Lipinski definition) is 2. The van der Waals surface area contributed by atoms with Crippen LogP contribution in [0.5, 0.6) is 0 Å². The maximum absolute atomic E-state index is 11.3. The van der Waals surface area contributed by atoms with Gasteiger partial charge in [0.05, 0.1) is 6.07 Å². The van der Waals surface area contributed by atoms with E-state index in [1.54, 1.807) is 11.9 Å². The topological polar surface area (TPSA) is 56.1 Å². The van der Waals surface area contributed by atoms with E-state index in [0.29, 0.717) is 12.5 Å². The Bertz CT molecular complexity index is 230. The van der Waals surface area contributed by atoms with Gasteiger partial charge in [-0.1, -0.05) is 0 Å². The molecule has 0 saturated heterocycles. The molecule has 72 valence electrons. The van der Waals surface area contributed by atoms with Gasteiger partial charge in [0, 0.05) is 13.6 Å². The number of carbonyl (C=O) groups is 1. The highest BCUT2D eigenvalue weighted by Crippen LogP contribution is 2.32. The van der Waals surface area contributed by atoms with Crippen LogP contribution in [0.2, 0.25) is 0 Å². The molecule has 0 aromatic heterocycles. The van der Waals surface area contributed by atoms with E-state index in [2.05, 4.69) is 11.4 Å². The largest absolute Gasteiger partial charge is 0.328 e. The number of carbonyl (C=O) groups excluding carboxylic acids is 1. The Morgan fingerprint density at radius 2 is 2.38 bits per heavy atom. The van der Waals surface area contributed by atoms with Crippen LogP contribution in [0.3, 0.4) is 0 Å². The van der Waals surface area contributed by atoms with E-state index in [9.17, 15) is 4.79 Å². The first kappa shape index (κ1) is 9.85. The number of nitrogens with zero attached hydrogens (tertiary/aromatic N) is 2. The second-order valence-corrected chi connectivity index (χ2v) is 3.41. The number of hydrogen-bond donors (Lipinski definition) is 1. The predicted molar refractivity (Wildman–Crippen MR) is 49.0 cm³/mol. The first-order chi connectivity index (χ1) is 6.19. The van der Waals surface area contributed by atoms with Crippen LogP contribution >= 0.6 is 0 Å². The minimum absolute atomic E-state index is 0.152. The molecule has 1 unspecified atom stereocenters. The van der Waals surface area contributed by atoms with Crippen molar-refractivity contribution in [3.05, 3.63) is 0 Å². The summed E-state index contributed by atoms with van der Waals surface area (Å²) in [4.78, 5) is 12.9. The van der Waals surface area contributed by atoms with Gasteiger partial charge < -0.3 is 10.2 Å². The molecular formula is C9H15N3O. The van der Waals surface area contributed by atoms with E-state index < -0.39 is 0 Å². The van der Waals surface area contributed by atoms with Crippen LogP contribution in [0.25, 0.3) is 0 Å². The van der Waals surface area contributed by atoms with Crippen LogP contribution in [0.15, 0.2) is 0 Å². The molecular weight excluding hydrogens is 166 g/mol. The van der Waals surface area contributed by atoms with Crippen molar-refractivity contribution in [1.29, 1.82) is 5.26 Å². The molecule has 0 spiro atoms. The fraction of sp³-hybridized carbons (Fsp3) is 0.778. The van der Waals surface area contributed by atoms with E-state index in [1.807, 2.05) is 6.92 Å². The number of amides is 2. The Labute approximate surface area is 78.5 Å². The predicted octanol–water partition coefficient (Wildman–Crippen LogP) is 0.950. The summed E-state index contributed by atoms with van der Waals surface area (Å²) in [5.74, 6) is 0.388. The van der Waals surface area contributed by atoms with Gasteiger partial charge in [-0.2, -0.15) is 5.26 Å². The lowest BCUT2D eigenvalue weighted by Gasteiger charge is -2.18. The summed E-state index contributed by atoms with van der Waals surface area (Å²) in [5.41, 5.74) is 0. The van der Waals surface area contributed by atoms with Crippen molar-refractivity contribution < 1.29 is 4.79 Å². The summed E-state index contributed by atoms with van der Waals surface area (Å²) in [6, 6.07) is 1.67. The lowest BCUT2D eigenvalue weighted by atomic mass is 10.2. The molecule has 1 N–H and O–H groups in total. The van der Waals surface area contributed by atoms with Crippen LogP contribution < -0.4 is 5.32 Å². The third-order valence-corrected chi connectivity index (χ3v) is 2.33. The van der Waals surface area contributed by atoms with Crippen molar-refractivity contribution in [1.82, 2.24) is 10.2 Å². The van der Waals surface area contributed by atoms with Gasteiger partial charge >= 0.3 is 6.03 Å². The number of rotatable bonds is 3. The molecule has 2 amide bonds. The zero-order chi connectivity index (χ0) is 9.84. The summed E-state index contributed by atoms with van der Waals surface area (Å²) < 4.78 is 0. The molecule has 0 radical (unpaired) electrons. The molecule has 0 aliphatic heterocycles. The number of urea groups is 1. The standard InChI is InChI=1S/C9H15N3O/c1-3-12(2)9(13)11-8(6-10)7-4-5-7/h7-8H,3-5H2,1-2H3,(H,11,13). The van der Waals surface area contributed by atoms with Gasteiger partial charge in [0.15, 0.2) is 0 Å². The lowest BCUT2D eigenvalue weighted by Crippen LogP contribution is -2.43. The number of nitrogens with one attached hydrogen (secondary N) is 1. The Kier molecular flexibility index (Phi) is 3.13. The average molecular weight is 181 g/mol. The summed E-state index contributed by atoms with van der Waals surface area (Å²) in [7, 11) is 1.72. The molecule has 0 bridgehead atoms. The first-order valence-electron chi connectivity index (χ1n) is 4.60. The molecule has 1 rings (SSSR count). The van der Waals surface area contributed by atoms with Crippen LogP contribution in [0.1, 0.15) is 19.8 Å². The van der Waals surface area contributed by atoms with Crippen molar-refractivity contribution in [3.63, 3.8) is 0 Å². The molecule has 0 heterocycles. The van der Waals surface area contributed by atoms with E-state index in [-0.39, 0.29) is 12.1 Å². The highest BCUT2D eigenvalue weighted by atomic mass is 16.2. The highest BCUT2D eigenvalue weighted by Gasteiger charge is 2.32. The molecule has 1 fully saturated rings. The van der Waals surface area contributed by atoms with Gasteiger partial charge in [0.1, 0.15) is 6.04 Å². The Morgan fingerprint density at radius 3 is 2.77 bits per heavy atom. The molecule has 1 aliphatic carbocycles. The third kappa shape index (κ3) is 2.62. The quantitative estimate of drug-likeness (QED) is 0.704. The third-order valence-electron chi connectivity index (χ3n) is 2.33. The summed E-state index contributed by atoms with van der Waals surface area (Å²) >= 11 is 0. The maximum atomic E-state index is 11.3. The molecule has 0 aromatic carbocycles. The molecule has 4 heteroatoms. The normalized spacial score (nSPS) is 17.3. The van der Waals surface area contributed by atoms with Crippen molar-refractivity contribution >= 4 is 6.03 Å². The monoisotopic (exact) mass is 181 g/mol. The highest BCUT2D eigenvalue weighted by molar-refractivity contribution is 5.74. The maximum Gasteiger partial charge on any atom is 0.318 e. The molecule has 1 saturated carbocycles. The zero-order valence-electron chi connectivity index (χ0n) is 8.08. The van der Waals surface area contributed by atoms with Crippen molar-refractivity contribution in [2.24, 2.45) is 5.92 Å². The van der Waals surface area contributed by atoms with Crippen LogP contribution in [0.4, 0.5) is 4.79 Å². The van der Waals surface area contributed by atoms with Crippen molar-refractivity contribution in [2.75, 3.05) is 13.6 Å². The molecule has 1 atom stereocenters. The summed E-state index contributed by atoms with van der Waals surface area (Å²) in [6.07, 6.45) is 2.13. The molecule has 1 aliphatic rings. The van der Waals surface area contributed by atoms with Gasteiger partial charge in [-0.05, 0) is 25.7 Å². The SMILES string of the molecule is CCN(C)C(=O)NC(C#N)C1CC1. The van der Waals surface area contributed by atoms with Crippen molar-refractivity contribution in [3.8, 4) is 6.07 Å².